The smallest absolute Gasteiger partial charge is 0.328 e. The van der Waals surface area contributed by atoms with Crippen LogP contribution in [0.4, 0.5) is 4.39 Å². The van der Waals surface area contributed by atoms with Crippen molar-refractivity contribution < 1.29 is 53.3 Å². The topological polar surface area (TPSA) is 199 Å². The Bertz CT molecular complexity index is 1160. The van der Waals surface area contributed by atoms with Crippen LogP contribution in [0.5, 0.6) is 0 Å². The molecule has 1 aliphatic rings. The van der Waals surface area contributed by atoms with Crippen LogP contribution in [-0.4, -0.2) is 105 Å². The largest absolute Gasteiger partial charge is 0.478 e. The summed E-state index contributed by atoms with van der Waals surface area (Å²) in [6.45, 7) is 4.04. The van der Waals surface area contributed by atoms with Crippen LogP contribution in [-0.2, 0) is 19.2 Å². The average molecular weight is 566 g/mol. The molecule has 0 bridgehead atoms. The van der Waals surface area contributed by atoms with Gasteiger partial charge in [0.05, 0.1) is 5.39 Å². The summed E-state index contributed by atoms with van der Waals surface area (Å²) in [5, 5.41) is 35.7. The maximum atomic E-state index is 13.2. The molecule has 1 saturated heterocycles. The fourth-order valence-corrected chi connectivity index (χ4v) is 3.60. The van der Waals surface area contributed by atoms with Gasteiger partial charge in [0.25, 0.3) is 0 Å². The Morgan fingerprint density at radius 3 is 1.90 bits per heavy atom. The van der Waals surface area contributed by atoms with Crippen molar-refractivity contribution in [3.8, 4) is 0 Å². The number of benzene rings is 1. The van der Waals surface area contributed by atoms with Crippen molar-refractivity contribution in [1.82, 2.24) is 15.0 Å². The molecule has 4 N–H and O–H groups in total. The SMILES string of the molecule is CN(C)CCCN1CCC(C(=O)c2noc3cc(F)ccc23)CC1.O=C(O)/C=C/C(=O)O.O=C(O)/C=C/C(=O)O. The van der Waals surface area contributed by atoms with Crippen molar-refractivity contribution in [3.05, 3.63) is 54.0 Å². The van der Waals surface area contributed by atoms with Crippen molar-refractivity contribution in [2.75, 3.05) is 40.3 Å². The molecule has 1 fully saturated rings. The van der Waals surface area contributed by atoms with E-state index < -0.39 is 23.9 Å². The van der Waals surface area contributed by atoms with Crippen LogP contribution in [0.25, 0.3) is 11.0 Å². The molecule has 0 saturated carbocycles. The minimum Gasteiger partial charge on any atom is -0.478 e. The zero-order valence-electron chi connectivity index (χ0n) is 22.0. The van der Waals surface area contributed by atoms with E-state index in [1.165, 1.54) is 12.1 Å². The van der Waals surface area contributed by atoms with Crippen LogP contribution in [0.1, 0.15) is 29.8 Å². The molecule has 1 aromatic carbocycles. The molecule has 14 heteroatoms. The van der Waals surface area contributed by atoms with Crippen LogP contribution < -0.4 is 0 Å². The molecule has 0 atom stereocenters. The number of fused-ring (bicyclic) bond motifs is 1. The number of nitrogens with zero attached hydrogens (tertiary/aromatic N) is 3. The van der Waals surface area contributed by atoms with Gasteiger partial charge in [-0.1, -0.05) is 5.16 Å². The number of aliphatic carboxylic acids is 4. The zero-order chi connectivity index (χ0) is 30.2. The number of hydrogen-bond donors (Lipinski definition) is 4. The number of halogens is 1. The Labute approximate surface area is 228 Å². The summed E-state index contributed by atoms with van der Waals surface area (Å²) >= 11 is 0. The van der Waals surface area contributed by atoms with E-state index >= 15 is 0 Å². The summed E-state index contributed by atoms with van der Waals surface area (Å²) < 4.78 is 18.3. The number of Topliss-reactive ketones (excluding diaryl/α,β-unsaturated/α-hetero) is 1. The molecule has 0 spiro atoms. The van der Waals surface area contributed by atoms with Gasteiger partial charge < -0.3 is 34.7 Å². The van der Waals surface area contributed by atoms with Crippen LogP contribution in [0.2, 0.25) is 0 Å². The Hall–Kier alpha value is -4.43. The standard InChI is InChI=1S/C18H24FN3O2.2C4H4O4/c1-21(2)8-3-9-22-10-6-13(7-11-22)18(23)17-15-5-4-14(19)12-16(15)24-20-17;2*5-3(6)1-2-4(7)8/h4-5,12-13H,3,6-11H2,1-2H3;2*1-2H,(H,5,6)(H,7,8)/b;2*2-1+. The number of aromatic nitrogens is 1. The Morgan fingerprint density at radius 2 is 1.45 bits per heavy atom. The highest BCUT2D eigenvalue weighted by Gasteiger charge is 2.29. The van der Waals surface area contributed by atoms with Gasteiger partial charge in [-0.25, -0.2) is 23.6 Å². The van der Waals surface area contributed by atoms with E-state index in [0.717, 1.165) is 45.4 Å². The second kappa shape index (κ2) is 17.2. The molecule has 40 heavy (non-hydrogen) atoms. The van der Waals surface area contributed by atoms with Gasteiger partial charge in [-0.3, -0.25) is 4.79 Å². The second-order valence-corrected chi connectivity index (χ2v) is 8.83. The Balaban J connectivity index is 0.000000412. The normalized spacial score (nSPS) is 14.0. The minimum absolute atomic E-state index is 0.0200. The molecule has 2 heterocycles. The van der Waals surface area contributed by atoms with Crippen molar-refractivity contribution in [2.24, 2.45) is 5.92 Å². The number of piperidine rings is 1. The predicted octanol–water partition coefficient (Wildman–Crippen LogP) is 2.24. The number of carboxylic acids is 4. The van der Waals surface area contributed by atoms with E-state index in [1.54, 1.807) is 6.07 Å². The summed E-state index contributed by atoms with van der Waals surface area (Å²) in [5.74, 6) is -5.41. The summed E-state index contributed by atoms with van der Waals surface area (Å²) in [6.07, 6.45) is 5.06. The number of carbonyl (C=O) groups is 5. The van der Waals surface area contributed by atoms with E-state index in [1.807, 2.05) is 0 Å². The summed E-state index contributed by atoms with van der Waals surface area (Å²) in [5.41, 5.74) is 0.676. The average Bonchev–Trinajstić information content (AvgIpc) is 3.30. The molecule has 0 amide bonds. The lowest BCUT2D eigenvalue weighted by Gasteiger charge is -2.31. The lowest BCUT2D eigenvalue weighted by atomic mass is 9.90. The summed E-state index contributed by atoms with van der Waals surface area (Å²) in [7, 11) is 4.16. The summed E-state index contributed by atoms with van der Waals surface area (Å²) in [6, 6.07) is 4.18. The quantitative estimate of drug-likeness (QED) is 0.242. The van der Waals surface area contributed by atoms with Gasteiger partial charge in [-0.2, -0.15) is 0 Å². The van der Waals surface area contributed by atoms with Gasteiger partial charge in [0, 0.05) is 36.3 Å². The molecular formula is C26H32FN3O10. The molecule has 0 unspecified atom stereocenters. The fourth-order valence-electron chi connectivity index (χ4n) is 3.60. The maximum absolute atomic E-state index is 13.2. The Kier molecular flexibility index (Phi) is 14.5. The van der Waals surface area contributed by atoms with E-state index in [0.29, 0.717) is 41.0 Å². The third kappa shape index (κ3) is 13.4. The maximum Gasteiger partial charge on any atom is 0.328 e. The lowest BCUT2D eigenvalue weighted by molar-refractivity contribution is -0.134. The third-order valence-electron chi connectivity index (χ3n) is 5.44. The van der Waals surface area contributed by atoms with Crippen LogP contribution in [0, 0.1) is 11.7 Å². The molecule has 0 aliphatic carbocycles. The first kappa shape index (κ1) is 33.6. The number of carbonyl (C=O) groups excluding carboxylic acids is 1. The predicted molar refractivity (Wildman–Crippen MR) is 139 cm³/mol. The number of carboxylic acid groups (broad SMARTS) is 4. The number of likely N-dealkylation sites (tertiary alicyclic amines) is 1. The van der Waals surface area contributed by atoms with Gasteiger partial charge in [0.2, 0.25) is 0 Å². The zero-order valence-corrected chi connectivity index (χ0v) is 22.0. The van der Waals surface area contributed by atoms with Gasteiger partial charge >= 0.3 is 23.9 Å². The number of hydrogen-bond acceptors (Lipinski definition) is 9. The number of rotatable bonds is 10. The fraction of sp³-hybridized carbons (Fsp3) is 0.385. The van der Waals surface area contributed by atoms with Gasteiger partial charge in [0.15, 0.2) is 17.1 Å². The molecule has 2 aromatic rings. The lowest BCUT2D eigenvalue weighted by Crippen LogP contribution is -2.37. The van der Waals surface area contributed by atoms with E-state index in [9.17, 15) is 28.4 Å². The van der Waals surface area contributed by atoms with Crippen LogP contribution >= 0.6 is 0 Å². The van der Waals surface area contributed by atoms with Crippen molar-refractivity contribution in [3.63, 3.8) is 0 Å². The first-order chi connectivity index (χ1) is 18.8. The molecule has 1 aromatic heterocycles. The van der Waals surface area contributed by atoms with Gasteiger partial charge in [-0.15, -0.1) is 0 Å². The second-order valence-electron chi connectivity index (χ2n) is 8.83. The van der Waals surface area contributed by atoms with E-state index in [-0.39, 0.29) is 17.5 Å². The van der Waals surface area contributed by atoms with Crippen molar-refractivity contribution in [2.45, 2.75) is 19.3 Å². The molecule has 218 valence electrons. The highest BCUT2D eigenvalue weighted by atomic mass is 19.1. The minimum atomic E-state index is -1.26. The molecule has 3 rings (SSSR count). The highest BCUT2D eigenvalue weighted by molar-refractivity contribution is 6.06. The first-order valence-corrected chi connectivity index (χ1v) is 12.0. The third-order valence-corrected chi connectivity index (χ3v) is 5.44. The molecule has 0 radical (unpaired) electrons. The monoisotopic (exact) mass is 565 g/mol. The highest BCUT2D eigenvalue weighted by Crippen LogP contribution is 2.26. The molecular weight excluding hydrogens is 533 g/mol. The number of ketones is 1. The van der Waals surface area contributed by atoms with Crippen molar-refractivity contribution >= 4 is 40.6 Å². The van der Waals surface area contributed by atoms with Crippen molar-refractivity contribution in [1.29, 1.82) is 0 Å². The Morgan fingerprint density at radius 1 is 0.950 bits per heavy atom. The first-order valence-electron chi connectivity index (χ1n) is 12.0. The summed E-state index contributed by atoms with van der Waals surface area (Å²) in [4.78, 5) is 55.6. The van der Waals surface area contributed by atoms with E-state index in [4.69, 9.17) is 24.9 Å². The molecule has 13 nitrogen and oxygen atoms in total. The van der Waals surface area contributed by atoms with Crippen LogP contribution in [0.15, 0.2) is 47.0 Å². The van der Waals surface area contributed by atoms with E-state index in [2.05, 4.69) is 29.1 Å². The van der Waals surface area contributed by atoms with Gasteiger partial charge in [-0.05, 0) is 71.7 Å². The van der Waals surface area contributed by atoms with Gasteiger partial charge in [0.1, 0.15) is 5.82 Å². The molecule has 1 aliphatic heterocycles. The van der Waals surface area contributed by atoms with Crippen LogP contribution in [0.3, 0.4) is 0 Å².